The third kappa shape index (κ3) is 2.04. The molecule has 0 radical (unpaired) electrons. The first-order valence-electron chi connectivity index (χ1n) is 3.57. The summed E-state index contributed by atoms with van der Waals surface area (Å²) >= 11 is 0. The standard InChI is InChI=1S/C7H13NO/c8-7(9)5-6-3-1-2-4-6/h6H,1-5H2,(H2,8,9). The Bertz CT molecular complexity index is 105. The van der Waals surface area contributed by atoms with E-state index in [0.29, 0.717) is 12.3 Å². The lowest BCUT2D eigenvalue weighted by atomic mass is 10.0. The van der Waals surface area contributed by atoms with Crippen molar-refractivity contribution in [1.82, 2.24) is 0 Å². The summed E-state index contributed by atoms with van der Waals surface area (Å²) in [6, 6.07) is 0. The lowest BCUT2D eigenvalue weighted by molar-refractivity contribution is -0.118. The van der Waals surface area contributed by atoms with Gasteiger partial charge in [-0.1, -0.05) is 12.8 Å². The Hall–Kier alpha value is -0.530. The normalized spacial score (nSPS) is 20.4. The third-order valence-corrected chi connectivity index (χ3v) is 1.96. The molecular formula is C7H13NO. The molecule has 2 nitrogen and oxygen atoms in total. The van der Waals surface area contributed by atoms with E-state index in [4.69, 9.17) is 5.73 Å². The second-order valence-electron chi connectivity index (χ2n) is 2.82. The molecule has 0 spiro atoms. The molecule has 1 saturated carbocycles. The van der Waals surface area contributed by atoms with E-state index in [-0.39, 0.29) is 5.91 Å². The number of hydrogen-bond acceptors (Lipinski definition) is 1. The second kappa shape index (κ2) is 2.85. The molecule has 0 bridgehead atoms. The molecule has 0 saturated heterocycles. The predicted octanol–water partition coefficient (Wildman–Crippen LogP) is 1.05. The van der Waals surface area contributed by atoms with Crippen molar-refractivity contribution in [3.05, 3.63) is 0 Å². The molecule has 52 valence electrons. The van der Waals surface area contributed by atoms with Crippen LogP contribution in [0.3, 0.4) is 0 Å². The highest BCUT2D eigenvalue weighted by molar-refractivity contribution is 5.73. The molecule has 1 fully saturated rings. The van der Waals surface area contributed by atoms with Gasteiger partial charge in [-0.05, 0) is 18.8 Å². The molecule has 0 heterocycles. The molecule has 0 aromatic carbocycles. The van der Waals surface area contributed by atoms with Crippen LogP contribution in [0.5, 0.6) is 0 Å². The molecular weight excluding hydrogens is 114 g/mol. The van der Waals surface area contributed by atoms with E-state index in [1.807, 2.05) is 0 Å². The van der Waals surface area contributed by atoms with Gasteiger partial charge in [-0.3, -0.25) is 4.79 Å². The van der Waals surface area contributed by atoms with Crippen molar-refractivity contribution in [2.75, 3.05) is 0 Å². The molecule has 2 N–H and O–H groups in total. The van der Waals surface area contributed by atoms with Crippen molar-refractivity contribution in [3.8, 4) is 0 Å². The van der Waals surface area contributed by atoms with Gasteiger partial charge in [0.1, 0.15) is 0 Å². The van der Waals surface area contributed by atoms with Crippen LogP contribution in [0.4, 0.5) is 0 Å². The van der Waals surface area contributed by atoms with Crippen LogP contribution in [-0.4, -0.2) is 5.91 Å². The summed E-state index contributed by atoms with van der Waals surface area (Å²) in [4.78, 5) is 10.4. The first kappa shape index (κ1) is 6.59. The van der Waals surface area contributed by atoms with E-state index in [9.17, 15) is 4.79 Å². The average Bonchev–Trinajstić information content (AvgIpc) is 2.15. The van der Waals surface area contributed by atoms with Gasteiger partial charge in [-0.15, -0.1) is 0 Å². The second-order valence-corrected chi connectivity index (χ2v) is 2.82. The van der Waals surface area contributed by atoms with Crippen LogP contribution in [0.15, 0.2) is 0 Å². The fourth-order valence-corrected chi connectivity index (χ4v) is 1.50. The van der Waals surface area contributed by atoms with E-state index in [1.54, 1.807) is 0 Å². The van der Waals surface area contributed by atoms with Gasteiger partial charge in [-0.25, -0.2) is 0 Å². The Morgan fingerprint density at radius 2 is 2.00 bits per heavy atom. The van der Waals surface area contributed by atoms with Gasteiger partial charge in [-0.2, -0.15) is 0 Å². The Labute approximate surface area is 55.4 Å². The van der Waals surface area contributed by atoms with E-state index in [1.165, 1.54) is 25.7 Å². The van der Waals surface area contributed by atoms with Gasteiger partial charge in [0.25, 0.3) is 0 Å². The maximum Gasteiger partial charge on any atom is 0.217 e. The van der Waals surface area contributed by atoms with E-state index < -0.39 is 0 Å². The van der Waals surface area contributed by atoms with Gasteiger partial charge in [0.15, 0.2) is 0 Å². The van der Waals surface area contributed by atoms with Crippen LogP contribution in [-0.2, 0) is 4.79 Å². The summed E-state index contributed by atoms with van der Waals surface area (Å²) in [6.07, 6.45) is 5.61. The maximum absolute atomic E-state index is 10.4. The zero-order valence-electron chi connectivity index (χ0n) is 5.60. The third-order valence-electron chi connectivity index (χ3n) is 1.96. The quantitative estimate of drug-likeness (QED) is 0.592. The molecule has 0 aliphatic heterocycles. The molecule has 9 heavy (non-hydrogen) atoms. The minimum Gasteiger partial charge on any atom is -0.370 e. The smallest absolute Gasteiger partial charge is 0.217 e. The number of rotatable bonds is 2. The highest BCUT2D eigenvalue weighted by Crippen LogP contribution is 2.26. The van der Waals surface area contributed by atoms with Crippen molar-refractivity contribution in [3.63, 3.8) is 0 Å². The monoisotopic (exact) mass is 127 g/mol. The maximum atomic E-state index is 10.4. The summed E-state index contributed by atoms with van der Waals surface area (Å²) in [5.74, 6) is 0.476. The topological polar surface area (TPSA) is 43.1 Å². The van der Waals surface area contributed by atoms with Crippen molar-refractivity contribution in [2.45, 2.75) is 32.1 Å². The lowest BCUT2D eigenvalue weighted by Gasteiger charge is -2.02. The molecule has 0 aromatic heterocycles. The van der Waals surface area contributed by atoms with E-state index in [0.717, 1.165) is 0 Å². The van der Waals surface area contributed by atoms with Crippen molar-refractivity contribution in [2.24, 2.45) is 11.7 Å². The van der Waals surface area contributed by atoms with Crippen LogP contribution in [0.1, 0.15) is 32.1 Å². The van der Waals surface area contributed by atoms with Crippen LogP contribution in [0, 0.1) is 5.92 Å². The first-order chi connectivity index (χ1) is 4.29. The number of carbonyl (C=O) groups is 1. The lowest BCUT2D eigenvalue weighted by Crippen LogP contribution is -2.14. The summed E-state index contributed by atoms with van der Waals surface area (Å²) in [7, 11) is 0. The number of hydrogen-bond donors (Lipinski definition) is 1. The number of amides is 1. The molecule has 1 amide bonds. The molecule has 1 aliphatic rings. The molecule has 0 aromatic rings. The number of carbonyl (C=O) groups excluding carboxylic acids is 1. The van der Waals surface area contributed by atoms with Gasteiger partial charge < -0.3 is 5.73 Å². The number of nitrogens with two attached hydrogens (primary N) is 1. The Kier molecular flexibility index (Phi) is 2.09. The number of primary amides is 1. The summed E-state index contributed by atoms with van der Waals surface area (Å²) in [6.45, 7) is 0. The molecule has 0 atom stereocenters. The largest absolute Gasteiger partial charge is 0.370 e. The first-order valence-corrected chi connectivity index (χ1v) is 3.57. The Balaban J connectivity index is 2.19. The molecule has 2 heteroatoms. The van der Waals surface area contributed by atoms with Crippen molar-refractivity contribution < 1.29 is 4.79 Å². The fraction of sp³-hybridized carbons (Fsp3) is 0.857. The highest BCUT2D eigenvalue weighted by atomic mass is 16.1. The minimum atomic E-state index is -0.137. The summed E-state index contributed by atoms with van der Waals surface area (Å²) in [5.41, 5.74) is 5.03. The molecule has 1 rings (SSSR count). The van der Waals surface area contributed by atoms with Gasteiger partial charge in [0.05, 0.1) is 0 Å². The molecule has 1 aliphatic carbocycles. The minimum absolute atomic E-state index is 0.137. The zero-order valence-corrected chi connectivity index (χ0v) is 5.60. The summed E-state index contributed by atoms with van der Waals surface area (Å²) < 4.78 is 0. The van der Waals surface area contributed by atoms with Crippen LogP contribution < -0.4 is 5.73 Å². The SMILES string of the molecule is NC(=O)CC1CCCC1. The summed E-state index contributed by atoms with van der Waals surface area (Å²) in [5, 5.41) is 0. The van der Waals surface area contributed by atoms with Crippen LogP contribution in [0.25, 0.3) is 0 Å². The van der Waals surface area contributed by atoms with E-state index >= 15 is 0 Å². The average molecular weight is 127 g/mol. The van der Waals surface area contributed by atoms with Gasteiger partial charge >= 0.3 is 0 Å². The molecule has 0 unspecified atom stereocenters. The predicted molar refractivity (Wildman–Crippen MR) is 35.8 cm³/mol. The van der Waals surface area contributed by atoms with Crippen LogP contribution >= 0.6 is 0 Å². The Morgan fingerprint density at radius 3 is 2.44 bits per heavy atom. The van der Waals surface area contributed by atoms with E-state index in [2.05, 4.69) is 0 Å². The van der Waals surface area contributed by atoms with Crippen molar-refractivity contribution >= 4 is 5.91 Å². The fourth-order valence-electron chi connectivity index (χ4n) is 1.50. The Morgan fingerprint density at radius 1 is 1.44 bits per heavy atom. The highest BCUT2D eigenvalue weighted by Gasteiger charge is 2.16. The van der Waals surface area contributed by atoms with Crippen molar-refractivity contribution in [1.29, 1.82) is 0 Å². The van der Waals surface area contributed by atoms with Crippen LogP contribution in [0.2, 0.25) is 0 Å². The zero-order chi connectivity index (χ0) is 6.69. The van der Waals surface area contributed by atoms with Gasteiger partial charge in [0, 0.05) is 6.42 Å². The van der Waals surface area contributed by atoms with Gasteiger partial charge in [0.2, 0.25) is 5.91 Å².